The lowest BCUT2D eigenvalue weighted by Crippen LogP contribution is -2.42. The minimum Gasteiger partial charge on any atom is -0.506 e. The minimum atomic E-state index is -0.309. The molecule has 0 spiro atoms. The van der Waals surface area contributed by atoms with E-state index in [1.165, 1.54) is 23.2 Å². The minimum absolute atomic E-state index is 0.0125. The van der Waals surface area contributed by atoms with E-state index in [2.05, 4.69) is 36.8 Å². The molecule has 1 aromatic carbocycles. The first-order valence-corrected chi connectivity index (χ1v) is 8.14. The number of amides is 1. The van der Waals surface area contributed by atoms with Crippen molar-refractivity contribution in [1.29, 1.82) is 0 Å². The number of hydrogen-bond acceptors (Lipinski definition) is 5. The average Bonchev–Trinajstić information content (AvgIpc) is 2.54. The summed E-state index contributed by atoms with van der Waals surface area (Å²) in [5, 5.41) is 9.71. The summed E-state index contributed by atoms with van der Waals surface area (Å²) in [5.74, 6) is -0.0498. The molecule has 1 N–H and O–H groups in total. The highest BCUT2D eigenvalue weighted by Crippen LogP contribution is 2.34. The Morgan fingerprint density at radius 2 is 2.04 bits per heavy atom. The lowest BCUT2D eigenvalue weighted by atomic mass is 10.1. The third kappa shape index (κ3) is 3.09. The number of fused-ring (bicyclic) bond motifs is 1. The number of phenolic OH excluding ortho intramolecular Hbond substituents is 1. The van der Waals surface area contributed by atoms with Crippen LogP contribution in [0.2, 0.25) is 0 Å². The fraction of sp³-hybridized carbons (Fsp3) is 0.133. The number of hydrogen-bond donors (Lipinski definition) is 1. The molecule has 0 saturated heterocycles. The lowest BCUT2D eigenvalue weighted by molar-refractivity contribution is -0.121. The Kier molecular flexibility index (Phi) is 4.36. The summed E-state index contributed by atoms with van der Waals surface area (Å²) < 4.78 is 6.10. The molecule has 1 aliphatic heterocycles. The van der Waals surface area contributed by atoms with Gasteiger partial charge in [0.05, 0.1) is 21.7 Å². The number of nitrogens with zero attached hydrogens (tertiary/aromatic N) is 2. The van der Waals surface area contributed by atoms with Gasteiger partial charge in [-0.2, -0.15) is 0 Å². The summed E-state index contributed by atoms with van der Waals surface area (Å²) in [5.41, 5.74) is 0.834. The number of Topliss-reactive ketones (excluding diaryl/α,β-unsaturated/α-hetero) is 1. The largest absolute Gasteiger partial charge is 0.506 e. The van der Waals surface area contributed by atoms with Crippen molar-refractivity contribution in [2.24, 2.45) is 0 Å². The molecule has 0 aliphatic carbocycles. The van der Waals surface area contributed by atoms with Crippen LogP contribution in [0.1, 0.15) is 10.4 Å². The van der Waals surface area contributed by atoms with Crippen LogP contribution in [-0.2, 0) is 4.79 Å². The van der Waals surface area contributed by atoms with Gasteiger partial charge in [0.1, 0.15) is 17.2 Å². The molecule has 1 amide bonds. The molecule has 0 saturated carbocycles. The molecule has 2 aromatic rings. The van der Waals surface area contributed by atoms with Crippen LogP contribution in [0.5, 0.6) is 11.5 Å². The summed E-state index contributed by atoms with van der Waals surface area (Å²) in [4.78, 5) is 29.9. The average molecular weight is 442 g/mol. The first-order chi connectivity index (χ1) is 11.0. The van der Waals surface area contributed by atoms with Crippen molar-refractivity contribution in [1.82, 2.24) is 4.98 Å². The van der Waals surface area contributed by atoms with Crippen LogP contribution < -0.4 is 9.64 Å². The molecule has 0 radical (unpaired) electrons. The van der Waals surface area contributed by atoms with E-state index in [0.29, 0.717) is 25.9 Å². The predicted molar refractivity (Wildman–Crippen MR) is 89.9 cm³/mol. The van der Waals surface area contributed by atoms with Gasteiger partial charge in [0.25, 0.3) is 5.91 Å². The van der Waals surface area contributed by atoms with Gasteiger partial charge in [-0.3, -0.25) is 19.5 Å². The number of aromatic hydroxyl groups is 1. The zero-order valence-corrected chi connectivity index (χ0v) is 14.8. The van der Waals surface area contributed by atoms with Crippen LogP contribution in [0.25, 0.3) is 0 Å². The molecule has 118 valence electrons. The van der Waals surface area contributed by atoms with Gasteiger partial charge in [0, 0.05) is 17.8 Å². The van der Waals surface area contributed by atoms with Crippen molar-refractivity contribution in [2.45, 2.75) is 0 Å². The van der Waals surface area contributed by atoms with E-state index >= 15 is 0 Å². The second-order valence-corrected chi connectivity index (χ2v) is 6.53. The predicted octanol–water partition coefficient (Wildman–Crippen LogP) is 2.92. The van der Waals surface area contributed by atoms with Gasteiger partial charge in [0.15, 0.2) is 12.4 Å². The number of aromatic nitrogens is 1. The second-order valence-electron chi connectivity index (χ2n) is 4.82. The molecule has 0 bridgehead atoms. The van der Waals surface area contributed by atoms with Crippen LogP contribution in [0.15, 0.2) is 39.5 Å². The quantitative estimate of drug-likeness (QED) is 0.740. The summed E-state index contributed by atoms with van der Waals surface area (Å²) in [7, 11) is 0. The van der Waals surface area contributed by atoms with Crippen molar-refractivity contribution < 1.29 is 19.4 Å². The third-order valence-electron chi connectivity index (χ3n) is 3.34. The maximum Gasteiger partial charge on any atom is 0.265 e. The highest BCUT2D eigenvalue weighted by Gasteiger charge is 2.28. The van der Waals surface area contributed by atoms with Crippen LogP contribution in [-0.4, -0.2) is 34.9 Å². The molecule has 0 atom stereocenters. The lowest BCUT2D eigenvalue weighted by Gasteiger charge is -2.28. The molecule has 0 fully saturated rings. The van der Waals surface area contributed by atoms with Gasteiger partial charge < -0.3 is 9.84 Å². The number of pyridine rings is 1. The molecule has 2 heterocycles. The van der Waals surface area contributed by atoms with Crippen molar-refractivity contribution in [3.63, 3.8) is 0 Å². The summed E-state index contributed by atoms with van der Waals surface area (Å²) in [6.07, 6.45) is 3.05. The van der Waals surface area contributed by atoms with Gasteiger partial charge in [-0.1, -0.05) is 0 Å². The molecule has 0 unspecified atom stereocenters. The number of ether oxygens (including phenoxy) is 1. The van der Waals surface area contributed by atoms with Gasteiger partial charge in [0.2, 0.25) is 0 Å². The van der Waals surface area contributed by atoms with E-state index in [9.17, 15) is 14.7 Å². The molecule has 1 aliphatic rings. The van der Waals surface area contributed by atoms with Crippen LogP contribution >= 0.6 is 31.9 Å². The highest BCUT2D eigenvalue weighted by molar-refractivity contribution is 9.11. The normalized spacial score (nSPS) is 13.5. The summed E-state index contributed by atoms with van der Waals surface area (Å²) >= 11 is 6.37. The number of halogens is 2. The number of carbonyl (C=O) groups excluding carboxylic acids is 2. The number of ketones is 1. The van der Waals surface area contributed by atoms with Crippen molar-refractivity contribution >= 4 is 49.2 Å². The SMILES string of the molecule is O=C(CN1C(=O)COc2ccncc21)c1cc(Br)c(O)c(Br)c1. The molecule has 1 aromatic heterocycles. The highest BCUT2D eigenvalue weighted by atomic mass is 79.9. The Morgan fingerprint density at radius 3 is 2.74 bits per heavy atom. The van der Waals surface area contributed by atoms with Gasteiger partial charge >= 0.3 is 0 Å². The molecule has 3 rings (SSSR count). The molecule has 8 heteroatoms. The van der Waals surface area contributed by atoms with E-state index in [1.54, 1.807) is 12.3 Å². The first kappa shape index (κ1) is 15.9. The number of rotatable bonds is 3. The van der Waals surface area contributed by atoms with E-state index in [1.807, 2.05) is 0 Å². The smallest absolute Gasteiger partial charge is 0.265 e. The number of anilines is 1. The Bertz CT molecular complexity index is 787. The Labute approximate surface area is 148 Å². The second kappa shape index (κ2) is 6.29. The van der Waals surface area contributed by atoms with E-state index in [0.717, 1.165) is 0 Å². The van der Waals surface area contributed by atoms with Crippen LogP contribution in [0.3, 0.4) is 0 Å². The Balaban J connectivity index is 1.90. The van der Waals surface area contributed by atoms with Crippen LogP contribution in [0.4, 0.5) is 5.69 Å². The molecule has 6 nitrogen and oxygen atoms in total. The zero-order chi connectivity index (χ0) is 16.6. The zero-order valence-electron chi connectivity index (χ0n) is 11.6. The van der Waals surface area contributed by atoms with E-state index in [-0.39, 0.29) is 30.6 Å². The molecular formula is C15H10Br2N2O4. The standard InChI is InChI=1S/C15H10Br2N2O4/c16-9-3-8(4-10(17)15(9)22)12(20)6-19-11-5-18-2-1-13(11)23-7-14(19)21/h1-5,22H,6-7H2. The van der Waals surface area contributed by atoms with Gasteiger partial charge in [-0.25, -0.2) is 0 Å². The maximum atomic E-state index is 12.5. The molecule has 23 heavy (non-hydrogen) atoms. The van der Waals surface area contributed by atoms with E-state index < -0.39 is 0 Å². The van der Waals surface area contributed by atoms with Gasteiger partial charge in [-0.15, -0.1) is 0 Å². The topological polar surface area (TPSA) is 79.7 Å². The van der Waals surface area contributed by atoms with Crippen molar-refractivity contribution in [2.75, 3.05) is 18.1 Å². The van der Waals surface area contributed by atoms with Gasteiger partial charge in [-0.05, 0) is 44.0 Å². The van der Waals surface area contributed by atoms with Crippen LogP contribution in [0, 0.1) is 0 Å². The number of carbonyl (C=O) groups is 2. The van der Waals surface area contributed by atoms with Crippen molar-refractivity contribution in [3.8, 4) is 11.5 Å². The monoisotopic (exact) mass is 440 g/mol. The number of phenols is 1. The fourth-order valence-electron chi connectivity index (χ4n) is 2.18. The van der Waals surface area contributed by atoms with E-state index in [4.69, 9.17) is 4.74 Å². The maximum absolute atomic E-state index is 12.5. The fourth-order valence-corrected chi connectivity index (χ4v) is 3.37. The van der Waals surface area contributed by atoms with Crippen molar-refractivity contribution in [3.05, 3.63) is 45.1 Å². The Hall–Kier alpha value is -1.93. The summed E-state index contributed by atoms with van der Waals surface area (Å²) in [6, 6.07) is 4.67. The summed E-state index contributed by atoms with van der Waals surface area (Å²) in [6.45, 7) is -0.252. The number of benzene rings is 1. The third-order valence-corrected chi connectivity index (χ3v) is 4.55. The Morgan fingerprint density at radius 1 is 1.35 bits per heavy atom. The first-order valence-electron chi connectivity index (χ1n) is 6.55. The molecular weight excluding hydrogens is 432 g/mol.